The second-order valence-electron chi connectivity index (χ2n) is 7.66. The standard InChI is InChI=1S/C12H15F3N2O.C11H15FN2O/c13-12(14,15)9-18-11-4-2-1-3-10(11)17-7-5-16-6-8-17;1-15-11-8-9(12)2-3-10(11)14-6-4-13-5-7-14/h1-4,16H,5-9H2;2-3,8,13H,4-7H2,1H3. The number of anilines is 2. The van der Waals surface area contributed by atoms with Gasteiger partial charge in [-0.05, 0) is 24.3 Å². The van der Waals surface area contributed by atoms with E-state index in [-0.39, 0.29) is 11.6 Å². The quantitative estimate of drug-likeness (QED) is 0.655. The van der Waals surface area contributed by atoms with E-state index in [9.17, 15) is 17.6 Å². The molecule has 0 saturated carbocycles. The number of halogens is 4. The fraction of sp³-hybridized carbons (Fsp3) is 0.478. The summed E-state index contributed by atoms with van der Waals surface area (Å²) in [4.78, 5) is 4.23. The maximum Gasteiger partial charge on any atom is 0.422 e. The van der Waals surface area contributed by atoms with Gasteiger partial charge in [0, 0.05) is 58.4 Å². The SMILES string of the molecule is COc1cc(F)ccc1N1CCNCC1.FC(F)(F)COc1ccccc1N1CCNCC1. The fourth-order valence-electron chi connectivity index (χ4n) is 3.72. The molecule has 0 bridgehead atoms. The van der Waals surface area contributed by atoms with Crippen LogP contribution in [0.1, 0.15) is 0 Å². The third-order valence-electron chi connectivity index (χ3n) is 5.31. The molecule has 2 saturated heterocycles. The molecule has 2 aromatic rings. The molecule has 2 aliphatic heterocycles. The van der Waals surface area contributed by atoms with Crippen LogP contribution in [0.25, 0.3) is 0 Å². The van der Waals surface area contributed by atoms with E-state index in [4.69, 9.17) is 9.47 Å². The van der Waals surface area contributed by atoms with Crippen LogP contribution in [0.4, 0.5) is 28.9 Å². The molecule has 182 valence electrons. The van der Waals surface area contributed by atoms with Crippen molar-refractivity contribution in [2.75, 3.05) is 75.9 Å². The summed E-state index contributed by atoms with van der Waals surface area (Å²) in [5.74, 6) is 0.638. The number of methoxy groups -OCH3 is 1. The van der Waals surface area contributed by atoms with Gasteiger partial charge in [-0.1, -0.05) is 12.1 Å². The van der Waals surface area contributed by atoms with Crippen LogP contribution in [0.2, 0.25) is 0 Å². The zero-order valence-corrected chi connectivity index (χ0v) is 18.6. The van der Waals surface area contributed by atoms with Crippen molar-refractivity contribution in [3.8, 4) is 11.5 Å². The molecule has 4 rings (SSSR count). The van der Waals surface area contributed by atoms with Crippen LogP contribution in [-0.4, -0.2) is 72.3 Å². The van der Waals surface area contributed by atoms with Crippen molar-refractivity contribution in [2.45, 2.75) is 6.18 Å². The Kier molecular flexibility index (Phi) is 9.02. The number of para-hydroxylation sites is 2. The normalized spacial score (nSPS) is 16.6. The van der Waals surface area contributed by atoms with Crippen molar-refractivity contribution >= 4 is 11.4 Å². The summed E-state index contributed by atoms with van der Waals surface area (Å²) in [6, 6.07) is 11.5. The van der Waals surface area contributed by atoms with E-state index in [1.807, 2.05) is 4.90 Å². The lowest BCUT2D eigenvalue weighted by Crippen LogP contribution is -2.43. The summed E-state index contributed by atoms with van der Waals surface area (Å²) < 4.78 is 59.5. The first-order chi connectivity index (χ1) is 15.9. The molecule has 0 atom stereocenters. The largest absolute Gasteiger partial charge is 0.494 e. The molecule has 0 spiro atoms. The molecule has 0 unspecified atom stereocenters. The van der Waals surface area contributed by atoms with Crippen LogP contribution in [0, 0.1) is 5.82 Å². The molecule has 2 N–H and O–H groups in total. The lowest BCUT2D eigenvalue weighted by Gasteiger charge is -2.30. The van der Waals surface area contributed by atoms with E-state index in [1.165, 1.54) is 12.1 Å². The number of hydrogen-bond acceptors (Lipinski definition) is 6. The van der Waals surface area contributed by atoms with Gasteiger partial charge in [0.05, 0.1) is 18.5 Å². The topological polar surface area (TPSA) is 49.0 Å². The monoisotopic (exact) mass is 470 g/mol. The number of rotatable bonds is 5. The maximum absolute atomic E-state index is 13.0. The summed E-state index contributed by atoms with van der Waals surface area (Å²) in [6.45, 7) is 5.72. The third kappa shape index (κ3) is 7.68. The second kappa shape index (κ2) is 11.9. The first kappa shape index (κ1) is 24.9. The Hall–Kier alpha value is -2.72. The van der Waals surface area contributed by atoms with Gasteiger partial charge in [0.15, 0.2) is 6.61 Å². The van der Waals surface area contributed by atoms with Gasteiger partial charge in [0.2, 0.25) is 0 Å². The summed E-state index contributed by atoms with van der Waals surface area (Å²) in [5, 5.41) is 6.47. The van der Waals surface area contributed by atoms with E-state index in [1.54, 1.807) is 37.4 Å². The van der Waals surface area contributed by atoms with Gasteiger partial charge < -0.3 is 29.9 Å². The van der Waals surface area contributed by atoms with Crippen LogP contribution in [-0.2, 0) is 0 Å². The number of piperazine rings is 2. The fourth-order valence-corrected chi connectivity index (χ4v) is 3.72. The Morgan fingerprint density at radius 3 is 1.91 bits per heavy atom. The Balaban J connectivity index is 0.000000189. The van der Waals surface area contributed by atoms with Gasteiger partial charge in [-0.3, -0.25) is 0 Å². The molecule has 6 nitrogen and oxygen atoms in total. The number of alkyl halides is 3. The van der Waals surface area contributed by atoms with Crippen LogP contribution >= 0.6 is 0 Å². The van der Waals surface area contributed by atoms with Crippen molar-refractivity contribution in [2.24, 2.45) is 0 Å². The van der Waals surface area contributed by atoms with Gasteiger partial charge in [-0.2, -0.15) is 13.2 Å². The minimum absolute atomic E-state index is 0.259. The van der Waals surface area contributed by atoms with Crippen LogP contribution in [0.15, 0.2) is 42.5 Å². The van der Waals surface area contributed by atoms with Gasteiger partial charge in [0.1, 0.15) is 17.3 Å². The molecular formula is C23H30F4N4O2. The summed E-state index contributed by atoms with van der Waals surface area (Å²) in [6.07, 6.45) is -4.31. The van der Waals surface area contributed by atoms with Crippen LogP contribution < -0.4 is 29.9 Å². The molecule has 2 heterocycles. The van der Waals surface area contributed by atoms with Crippen LogP contribution in [0.3, 0.4) is 0 Å². The Bertz CT molecular complexity index is 870. The van der Waals surface area contributed by atoms with E-state index in [2.05, 4.69) is 15.5 Å². The molecule has 0 aromatic heterocycles. The van der Waals surface area contributed by atoms with Gasteiger partial charge in [-0.15, -0.1) is 0 Å². The van der Waals surface area contributed by atoms with Gasteiger partial charge in [-0.25, -0.2) is 4.39 Å². The molecule has 2 fully saturated rings. The molecule has 33 heavy (non-hydrogen) atoms. The molecule has 10 heteroatoms. The van der Waals surface area contributed by atoms with Gasteiger partial charge in [0.25, 0.3) is 0 Å². The van der Waals surface area contributed by atoms with Crippen molar-refractivity contribution < 1.29 is 27.0 Å². The minimum atomic E-state index is -4.31. The third-order valence-corrected chi connectivity index (χ3v) is 5.31. The van der Waals surface area contributed by atoms with Crippen molar-refractivity contribution in [3.05, 3.63) is 48.3 Å². The van der Waals surface area contributed by atoms with E-state index >= 15 is 0 Å². The molecule has 0 aliphatic carbocycles. The zero-order chi connectivity index (χ0) is 23.7. The highest BCUT2D eigenvalue weighted by Gasteiger charge is 2.29. The van der Waals surface area contributed by atoms with Gasteiger partial charge >= 0.3 is 6.18 Å². The lowest BCUT2D eigenvalue weighted by atomic mass is 10.2. The van der Waals surface area contributed by atoms with Crippen molar-refractivity contribution in [1.82, 2.24) is 10.6 Å². The average molecular weight is 471 g/mol. The Labute approximate surface area is 191 Å². The number of benzene rings is 2. The number of nitrogens with one attached hydrogen (secondary N) is 2. The highest BCUT2D eigenvalue weighted by molar-refractivity contribution is 5.59. The van der Waals surface area contributed by atoms with E-state index < -0.39 is 12.8 Å². The predicted molar refractivity (Wildman–Crippen MR) is 121 cm³/mol. The van der Waals surface area contributed by atoms with Crippen molar-refractivity contribution in [1.29, 1.82) is 0 Å². The first-order valence-electron chi connectivity index (χ1n) is 10.9. The molecule has 2 aliphatic rings. The summed E-state index contributed by atoms with van der Waals surface area (Å²) in [7, 11) is 1.57. The highest BCUT2D eigenvalue weighted by Crippen LogP contribution is 2.30. The summed E-state index contributed by atoms with van der Waals surface area (Å²) in [5.41, 5.74) is 1.70. The van der Waals surface area contributed by atoms with Crippen molar-refractivity contribution in [3.63, 3.8) is 0 Å². The maximum atomic E-state index is 13.0. The van der Waals surface area contributed by atoms with E-state index in [0.717, 1.165) is 63.7 Å². The number of nitrogens with zero attached hydrogens (tertiary/aromatic N) is 2. The summed E-state index contributed by atoms with van der Waals surface area (Å²) >= 11 is 0. The minimum Gasteiger partial charge on any atom is -0.494 e. The molecular weight excluding hydrogens is 440 g/mol. The second-order valence-corrected chi connectivity index (χ2v) is 7.66. The Morgan fingerprint density at radius 2 is 1.36 bits per heavy atom. The smallest absolute Gasteiger partial charge is 0.422 e. The van der Waals surface area contributed by atoms with Crippen LogP contribution in [0.5, 0.6) is 11.5 Å². The Morgan fingerprint density at radius 1 is 0.818 bits per heavy atom. The number of ether oxygens (including phenoxy) is 2. The molecule has 0 amide bonds. The van der Waals surface area contributed by atoms with E-state index in [0.29, 0.717) is 5.75 Å². The highest BCUT2D eigenvalue weighted by atomic mass is 19.4. The predicted octanol–water partition coefficient (Wildman–Crippen LogP) is 3.28. The molecule has 0 radical (unpaired) electrons. The number of hydrogen-bond donors (Lipinski definition) is 2. The zero-order valence-electron chi connectivity index (χ0n) is 18.6. The average Bonchev–Trinajstić information content (AvgIpc) is 2.84. The molecule has 2 aromatic carbocycles. The lowest BCUT2D eigenvalue weighted by molar-refractivity contribution is -0.153. The first-order valence-corrected chi connectivity index (χ1v) is 10.9.